The van der Waals surface area contributed by atoms with E-state index in [2.05, 4.69) is 17.8 Å². The number of fused-ring (bicyclic) bond motifs is 2. The number of hydrogen-bond donors (Lipinski definition) is 2. The summed E-state index contributed by atoms with van der Waals surface area (Å²) in [5, 5.41) is 1.41. The highest BCUT2D eigenvalue weighted by molar-refractivity contribution is 5.90. The molecular formula is C23H37N5O6. The van der Waals surface area contributed by atoms with Crippen LogP contribution in [0, 0.1) is 11.3 Å². The van der Waals surface area contributed by atoms with Gasteiger partial charge < -0.3 is 14.5 Å². The zero-order valence-corrected chi connectivity index (χ0v) is 20.6. The maximum absolute atomic E-state index is 12.7. The third kappa shape index (κ3) is 4.94. The summed E-state index contributed by atoms with van der Waals surface area (Å²) in [6.45, 7) is 9.68. The number of rotatable bonds is 6. The number of hydroxylamine groups is 2. The van der Waals surface area contributed by atoms with Gasteiger partial charge in [0, 0.05) is 31.0 Å². The molecule has 11 nitrogen and oxygen atoms in total. The predicted octanol–water partition coefficient (Wildman–Crippen LogP) is 1.78. The number of urea groups is 1. The van der Waals surface area contributed by atoms with Gasteiger partial charge in [-0.2, -0.15) is 5.06 Å². The fourth-order valence-electron chi connectivity index (χ4n) is 5.33. The van der Waals surface area contributed by atoms with E-state index in [1.165, 1.54) is 9.96 Å². The molecule has 2 N–H and O–H groups in total. The molecule has 0 aromatic rings. The SMILES string of the molecule is CCCCON1C(=O)N2C[C@@H]1CC[C@H]2C(=O)NNC(=O)C1CC2(C1)CN(C(=O)OC(C)(C)C)C2. The smallest absolute Gasteiger partial charge is 0.410 e. The first-order valence-corrected chi connectivity index (χ1v) is 12.3. The van der Waals surface area contributed by atoms with Crippen LogP contribution < -0.4 is 10.9 Å². The molecule has 0 aromatic heterocycles. The summed E-state index contributed by atoms with van der Waals surface area (Å²) in [6.07, 6.45) is 4.08. The molecule has 4 fully saturated rings. The molecule has 5 amide bonds. The number of ether oxygens (including phenoxy) is 1. The van der Waals surface area contributed by atoms with Crippen LogP contribution in [-0.4, -0.2) is 82.7 Å². The maximum Gasteiger partial charge on any atom is 0.410 e. The predicted molar refractivity (Wildman–Crippen MR) is 121 cm³/mol. The standard InChI is InChI=1S/C23H37N5O6/c1-5-6-9-33-28-16-7-8-17(27(12-16)20(28)31)19(30)25-24-18(29)15-10-23(11-15)13-26(14-23)21(32)34-22(2,3)4/h15-17H,5-14H2,1-4H3,(H,24,29)(H,25,30)/t16-,17-/m0/s1. The second-order valence-electron chi connectivity index (χ2n) is 11.1. The number of piperidine rings is 1. The number of likely N-dealkylation sites (tertiary alicyclic amines) is 1. The van der Waals surface area contributed by atoms with Gasteiger partial charge in [-0.1, -0.05) is 13.3 Å². The van der Waals surface area contributed by atoms with Gasteiger partial charge >= 0.3 is 12.1 Å². The fourth-order valence-corrected chi connectivity index (χ4v) is 5.33. The van der Waals surface area contributed by atoms with Gasteiger partial charge in [-0.3, -0.25) is 25.3 Å². The number of hydrogen-bond acceptors (Lipinski definition) is 6. The number of unbranched alkanes of at least 4 members (excludes halogenated alkanes) is 1. The number of amides is 5. The Labute approximate surface area is 200 Å². The van der Waals surface area contributed by atoms with Crippen molar-refractivity contribution in [2.24, 2.45) is 11.3 Å². The van der Waals surface area contributed by atoms with Gasteiger partial charge in [0.1, 0.15) is 11.6 Å². The van der Waals surface area contributed by atoms with Crippen LogP contribution >= 0.6 is 0 Å². The van der Waals surface area contributed by atoms with Crippen molar-refractivity contribution in [1.82, 2.24) is 25.7 Å². The van der Waals surface area contributed by atoms with Crippen molar-refractivity contribution >= 4 is 23.9 Å². The van der Waals surface area contributed by atoms with E-state index in [9.17, 15) is 19.2 Å². The first-order chi connectivity index (χ1) is 16.0. The summed E-state index contributed by atoms with van der Waals surface area (Å²) in [4.78, 5) is 58.9. The van der Waals surface area contributed by atoms with Crippen LogP contribution in [0.3, 0.4) is 0 Å². The molecule has 3 saturated heterocycles. The van der Waals surface area contributed by atoms with Gasteiger partial charge in [0.2, 0.25) is 5.91 Å². The third-order valence-electron chi connectivity index (χ3n) is 7.10. The average molecular weight is 480 g/mol. The van der Waals surface area contributed by atoms with Gasteiger partial charge in [0.25, 0.3) is 5.91 Å². The van der Waals surface area contributed by atoms with Crippen LogP contribution in [0.1, 0.15) is 66.2 Å². The van der Waals surface area contributed by atoms with Crippen molar-refractivity contribution < 1.29 is 28.8 Å². The number of hydrazine groups is 1. The van der Waals surface area contributed by atoms with E-state index in [1.807, 2.05) is 20.8 Å². The van der Waals surface area contributed by atoms with Crippen LogP contribution in [0.15, 0.2) is 0 Å². The quantitative estimate of drug-likeness (QED) is 0.443. The second kappa shape index (κ2) is 9.24. The zero-order valence-electron chi connectivity index (χ0n) is 20.6. The molecule has 2 atom stereocenters. The summed E-state index contributed by atoms with van der Waals surface area (Å²) < 4.78 is 5.38. The molecule has 0 unspecified atom stereocenters. The molecule has 0 aromatic carbocycles. The molecule has 3 heterocycles. The Morgan fingerprint density at radius 1 is 1.09 bits per heavy atom. The summed E-state index contributed by atoms with van der Waals surface area (Å²) in [7, 11) is 0. The lowest BCUT2D eigenvalue weighted by molar-refractivity contribution is -0.146. The molecule has 11 heteroatoms. The average Bonchev–Trinajstić information content (AvgIpc) is 2.93. The normalized spacial score (nSPS) is 25.6. The minimum atomic E-state index is -0.620. The summed E-state index contributed by atoms with van der Waals surface area (Å²) in [5.74, 6) is -0.822. The van der Waals surface area contributed by atoms with Crippen LogP contribution in [-0.2, 0) is 19.2 Å². The largest absolute Gasteiger partial charge is 0.444 e. The fraction of sp³-hybridized carbons (Fsp3) is 0.826. The van der Waals surface area contributed by atoms with E-state index in [0.717, 1.165) is 12.8 Å². The van der Waals surface area contributed by atoms with Gasteiger partial charge in [-0.25, -0.2) is 9.59 Å². The van der Waals surface area contributed by atoms with Crippen molar-refractivity contribution in [2.75, 3.05) is 26.2 Å². The molecule has 0 radical (unpaired) electrons. The summed E-state index contributed by atoms with van der Waals surface area (Å²) in [5.41, 5.74) is 4.49. The Morgan fingerprint density at radius 3 is 2.41 bits per heavy atom. The Kier molecular flexibility index (Phi) is 6.67. The lowest BCUT2D eigenvalue weighted by Gasteiger charge is -2.58. The van der Waals surface area contributed by atoms with Gasteiger partial charge in [0.05, 0.1) is 12.6 Å². The monoisotopic (exact) mass is 479 g/mol. The van der Waals surface area contributed by atoms with Crippen LogP contribution in [0.25, 0.3) is 0 Å². The third-order valence-corrected chi connectivity index (χ3v) is 7.10. The number of nitrogens with one attached hydrogen (secondary N) is 2. The molecule has 4 rings (SSSR count). The molecule has 3 aliphatic heterocycles. The zero-order chi connectivity index (χ0) is 24.7. The Balaban J connectivity index is 1.18. The van der Waals surface area contributed by atoms with Crippen molar-refractivity contribution in [1.29, 1.82) is 0 Å². The topological polar surface area (TPSA) is 121 Å². The Hall–Kier alpha value is -2.56. The number of carbonyl (C=O) groups is 4. The van der Waals surface area contributed by atoms with Crippen LogP contribution in [0.5, 0.6) is 0 Å². The van der Waals surface area contributed by atoms with E-state index < -0.39 is 11.6 Å². The Bertz CT molecular complexity index is 828. The molecule has 1 spiro atoms. The van der Waals surface area contributed by atoms with Crippen molar-refractivity contribution in [3.63, 3.8) is 0 Å². The van der Waals surface area contributed by atoms with E-state index in [1.54, 1.807) is 4.90 Å². The second-order valence-corrected chi connectivity index (χ2v) is 11.1. The van der Waals surface area contributed by atoms with E-state index in [0.29, 0.717) is 51.9 Å². The molecule has 1 aliphatic carbocycles. The van der Waals surface area contributed by atoms with Crippen LogP contribution in [0.2, 0.25) is 0 Å². The molecule has 2 bridgehead atoms. The highest BCUT2D eigenvalue weighted by Crippen LogP contribution is 2.52. The molecule has 1 saturated carbocycles. The highest BCUT2D eigenvalue weighted by Gasteiger charge is 2.56. The highest BCUT2D eigenvalue weighted by atomic mass is 16.7. The van der Waals surface area contributed by atoms with Crippen LogP contribution in [0.4, 0.5) is 9.59 Å². The van der Waals surface area contributed by atoms with Gasteiger partial charge in [-0.05, 0) is 52.9 Å². The summed E-state index contributed by atoms with van der Waals surface area (Å²) >= 11 is 0. The summed E-state index contributed by atoms with van der Waals surface area (Å²) in [6, 6.07) is -0.937. The molecular weight excluding hydrogens is 442 g/mol. The van der Waals surface area contributed by atoms with Crippen molar-refractivity contribution in [3.8, 4) is 0 Å². The van der Waals surface area contributed by atoms with Gasteiger partial charge in [-0.15, -0.1) is 0 Å². The first-order valence-electron chi connectivity index (χ1n) is 12.3. The van der Waals surface area contributed by atoms with Crippen molar-refractivity contribution in [2.45, 2.75) is 83.9 Å². The maximum atomic E-state index is 12.7. The van der Waals surface area contributed by atoms with Crippen molar-refractivity contribution in [3.05, 3.63) is 0 Å². The van der Waals surface area contributed by atoms with E-state index >= 15 is 0 Å². The minimum Gasteiger partial charge on any atom is -0.444 e. The minimum absolute atomic E-state index is 0.0233. The van der Waals surface area contributed by atoms with E-state index in [-0.39, 0.29) is 41.3 Å². The molecule has 4 aliphatic rings. The Morgan fingerprint density at radius 2 is 1.76 bits per heavy atom. The lowest BCUT2D eigenvalue weighted by atomic mass is 9.57. The molecule has 34 heavy (non-hydrogen) atoms. The molecule has 190 valence electrons. The first kappa shape index (κ1) is 24.6. The van der Waals surface area contributed by atoms with E-state index in [4.69, 9.17) is 9.57 Å². The lowest BCUT2D eigenvalue weighted by Crippen LogP contribution is -2.66. The number of nitrogens with zero attached hydrogens (tertiary/aromatic N) is 3. The number of carbonyl (C=O) groups excluding carboxylic acids is 4. The van der Waals surface area contributed by atoms with Gasteiger partial charge in [0.15, 0.2) is 0 Å².